The molecule has 2 aromatic rings. The van der Waals surface area contributed by atoms with Crippen LogP contribution in [0.3, 0.4) is 0 Å². The third-order valence-electron chi connectivity index (χ3n) is 8.13. The summed E-state index contributed by atoms with van der Waals surface area (Å²) >= 11 is 0. The molecule has 9 nitrogen and oxygen atoms in total. The summed E-state index contributed by atoms with van der Waals surface area (Å²) in [5, 5.41) is 3.95. The summed E-state index contributed by atoms with van der Waals surface area (Å²) in [7, 11) is -3.85. The maximum absolute atomic E-state index is 13.7. The molecule has 0 aliphatic carbocycles. The van der Waals surface area contributed by atoms with E-state index in [0.29, 0.717) is 38.2 Å². The van der Waals surface area contributed by atoms with Crippen molar-refractivity contribution in [2.45, 2.75) is 77.2 Å². The van der Waals surface area contributed by atoms with E-state index in [1.165, 1.54) is 4.31 Å². The van der Waals surface area contributed by atoms with Crippen LogP contribution in [0, 0.1) is 19.8 Å². The minimum absolute atomic E-state index is 0.0790. The molecule has 0 bridgehead atoms. The Hall–Kier alpha value is -2.98. The lowest BCUT2D eigenvalue weighted by atomic mass is 9.94. The van der Waals surface area contributed by atoms with Gasteiger partial charge in [0.25, 0.3) is 0 Å². The van der Waals surface area contributed by atoms with Gasteiger partial charge in [-0.05, 0) is 57.6 Å². The number of benzene rings is 1. The average Bonchev–Trinajstić information content (AvgIpc) is 3.34. The van der Waals surface area contributed by atoms with Gasteiger partial charge in [-0.1, -0.05) is 54.4 Å². The number of piperidine rings is 2. The third-order valence-corrected chi connectivity index (χ3v) is 10.2. The van der Waals surface area contributed by atoms with Gasteiger partial charge in [-0.3, -0.25) is 9.59 Å². The van der Waals surface area contributed by atoms with Gasteiger partial charge in [0, 0.05) is 51.6 Å². The number of nitrogens with zero attached hydrogens (tertiary/aromatic N) is 4. The molecule has 2 fully saturated rings. The lowest BCUT2D eigenvalue weighted by molar-refractivity contribution is -0.141. The molecular weight excluding hydrogens is 528 g/mol. The summed E-state index contributed by atoms with van der Waals surface area (Å²) in [6.07, 6.45) is 7.91. The summed E-state index contributed by atoms with van der Waals surface area (Å²) in [5.74, 6) is 0.197. The fourth-order valence-electron chi connectivity index (χ4n) is 5.65. The zero-order chi connectivity index (χ0) is 28.9. The summed E-state index contributed by atoms with van der Waals surface area (Å²) in [5.41, 5.74) is 2.40. The number of hydrogen-bond donors (Lipinski definition) is 0. The van der Waals surface area contributed by atoms with E-state index in [1.807, 2.05) is 47.1 Å². The number of aryl methyl sites for hydroxylation is 2. The summed E-state index contributed by atoms with van der Waals surface area (Å²) in [6, 6.07) is 8.03. The SMILES string of the molecule is CCCCN(C(=O)C1CCN(S(=O)(=O)c2c(C)noc2C=Cc2ccc(C)cc2)CC1)C1CCN(C(C)=O)CC1. The van der Waals surface area contributed by atoms with Gasteiger partial charge in [-0.15, -0.1) is 0 Å². The molecule has 0 unspecified atom stereocenters. The smallest absolute Gasteiger partial charge is 0.248 e. The number of carbonyl (C=O) groups excluding carboxylic acids is 2. The van der Waals surface area contributed by atoms with Gasteiger partial charge in [-0.25, -0.2) is 8.42 Å². The highest BCUT2D eigenvalue weighted by Crippen LogP contribution is 2.31. The average molecular weight is 571 g/mol. The highest BCUT2D eigenvalue weighted by Gasteiger charge is 2.38. The Balaban J connectivity index is 1.43. The molecule has 0 radical (unpaired) electrons. The minimum Gasteiger partial charge on any atom is -0.355 e. The van der Waals surface area contributed by atoms with Crippen LogP contribution in [0.15, 0.2) is 33.7 Å². The summed E-state index contributed by atoms with van der Waals surface area (Å²) in [6.45, 7) is 9.94. The molecule has 10 heteroatoms. The van der Waals surface area contributed by atoms with E-state index in [1.54, 1.807) is 19.9 Å². The number of amides is 2. The normalized spacial score (nSPS) is 17.9. The van der Waals surface area contributed by atoms with Crippen molar-refractivity contribution in [2.24, 2.45) is 5.92 Å². The van der Waals surface area contributed by atoms with Crippen molar-refractivity contribution in [3.05, 3.63) is 46.8 Å². The number of carbonyl (C=O) groups is 2. The molecule has 2 saturated heterocycles. The number of hydrogen-bond acceptors (Lipinski definition) is 6. The standard InChI is InChI=1S/C30H42N4O5S/c1-5-6-17-34(27-15-18-32(19-16-27)24(4)35)30(36)26-13-20-33(21-14-26)40(37,38)29-23(3)31-39-28(29)12-11-25-9-7-22(2)8-10-25/h7-12,26-27H,5-6,13-21H2,1-4H3. The van der Waals surface area contributed by atoms with Crippen molar-refractivity contribution in [1.82, 2.24) is 19.3 Å². The molecule has 1 aromatic carbocycles. The highest BCUT2D eigenvalue weighted by atomic mass is 32.2. The van der Waals surface area contributed by atoms with Crippen LogP contribution in [-0.4, -0.2) is 78.3 Å². The van der Waals surface area contributed by atoms with Gasteiger partial charge in [0.2, 0.25) is 21.8 Å². The zero-order valence-electron chi connectivity index (χ0n) is 24.1. The Morgan fingerprint density at radius 3 is 2.27 bits per heavy atom. The summed E-state index contributed by atoms with van der Waals surface area (Å²) in [4.78, 5) is 29.4. The van der Waals surface area contributed by atoms with Gasteiger partial charge in [-0.2, -0.15) is 4.31 Å². The number of aromatic nitrogens is 1. The zero-order valence-corrected chi connectivity index (χ0v) is 25.0. The van der Waals surface area contributed by atoms with Crippen molar-refractivity contribution in [3.63, 3.8) is 0 Å². The van der Waals surface area contributed by atoms with Crippen molar-refractivity contribution < 1.29 is 22.5 Å². The molecule has 0 atom stereocenters. The Bertz CT molecular complexity index is 1300. The first kappa shape index (κ1) is 30.0. The molecule has 0 saturated carbocycles. The Kier molecular flexibility index (Phi) is 9.84. The second kappa shape index (κ2) is 13.1. The lowest BCUT2D eigenvalue weighted by Gasteiger charge is -2.41. The molecule has 0 spiro atoms. The van der Waals surface area contributed by atoms with Crippen LogP contribution in [0.4, 0.5) is 0 Å². The monoisotopic (exact) mass is 570 g/mol. The molecule has 2 aliphatic heterocycles. The van der Waals surface area contributed by atoms with E-state index in [9.17, 15) is 18.0 Å². The van der Waals surface area contributed by atoms with E-state index in [-0.39, 0.29) is 47.5 Å². The van der Waals surface area contributed by atoms with Crippen LogP contribution in [0.1, 0.15) is 75.0 Å². The second-order valence-corrected chi connectivity index (χ2v) is 12.9. The van der Waals surface area contributed by atoms with Gasteiger partial charge < -0.3 is 14.3 Å². The molecule has 4 rings (SSSR count). The number of likely N-dealkylation sites (tertiary alicyclic amines) is 1. The maximum atomic E-state index is 13.7. The molecule has 40 heavy (non-hydrogen) atoms. The number of unbranched alkanes of at least 4 members (excludes halogenated alkanes) is 1. The van der Waals surface area contributed by atoms with Crippen molar-refractivity contribution in [3.8, 4) is 0 Å². The molecular formula is C30H42N4O5S. The molecule has 1 aromatic heterocycles. The fraction of sp³-hybridized carbons (Fsp3) is 0.567. The Labute approximate surface area is 238 Å². The predicted molar refractivity (Wildman–Crippen MR) is 155 cm³/mol. The first-order valence-corrected chi connectivity index (χ1v) is 15.8. The molecule has 0 N–H and O–H groups in total. The largest absolute Gasteiger partial charge is 0.355 e. The first-order chi connectivity index (χ1) is 19.1. The van der Waals surface area contributed by atoms with E-state index >= 15 is 0 Å². The lowest BCUT2D eigenvalue weighted by Crippen LogP contribution is -2.51. The van der Waals surface area contributed by atoms with Gasteiger partial charge in [0.05, 0.1) is 0 Å². The van der Waals surface area contributed by atoms with Gasteiger partial charge >= 0.3 is 0 Å². The predicted octanol–water partition coefficient (Wildman–Crippen LogP) is 4.50. The molecule has 3 heterocycles. The first-order valence-electron chi connectivity index (χ1n) is 14.4. The topological polar surface area (TPSA) is 104 Å². The van der Waals surface area contributed by atoms with Crippen LogP contribution in [0.2, 0.25) is 0 Å². The minimum atomic E-state index is -3.85. The van der Waals surface area contributed by atoms with Crippen LogP contribution in [0.25, 0.3) is 12.2 Å². The van der Waals surface area contributed by atoms with Crippen LogP contribution >= 0.6 is 0 Å². The Morgan fingerprint density at radius 2 is 1.68 bits per heavy atom. The van der Waals surface area contributed by atoms with E-state index < -0.39 is 10.0 Å². The van der Waals surface area contributed by atoms with Crippen LogP contribution in [-0.2, 0) is 19.6 Å². The number of sulfonamides is 1. The second-order valence-electron chi connectivity index (χ2n) is 11.0. The molecule has 2 aliphatic rings. The highest BCUT2D eigenvalue weighted by molar-refractivity contribution is 7.89. The van der Waals surface area contributed by atoms with Crippen molar-refractivity contribution in [1.29, 1.82) is 0 Å². The van der Waals surface area contributed by atoms with Gasteiger partial charge in [0.1, 0.15) is 5.69 Å². The van der Waals surface area contributed by atoms with Crippen molar-refractivity contribution >= 4 is 34.0 Å². The number of rotatable bonds is 9. The van der Waals surface area contributed by atoms with E-state index in [0.717, 1.165) is 36.8 Å². The van der Waals surface area contributed by atoms with Crippen LogP contribution in [0.5, 0.6) is 0 Å². The Morgan fingerprint density at radius 1 is 1.02 bits per heavy atom. The quantitative estimate of drug-likeness (QED) is 0.440. The van der Waals surface area contributed by atoms with Gasteiger partial charge in [0.15, 0.2) is 10.7 Å². The van der Waals surface area contributed by atoms with Crippen molar-refractivity contribution in [2.75, 3.05) is 32.7 Å². The third kappa shape index (κ3) is 6.83. The maximum Gasteiger partial charge on any atom is 0.248 e. The van der Waals surface area contributed by atoms with Crippen LogP contribution < -0.4 is 0 Å². The van der Waals surface area contributed by atoms with E-state index in [2.05, 4.69) is 12.1 Å². The summed E-state index contributed by atoms with van der Waals surface area (Å²) < 4.78 is 34.3. The molecule has 218 valence electrons. The fourth-order valence-corrected chi connectivity index (χ4v) is 7.37. The van der Waals surface area contributed by atoms with E-state index in [4.69, 9.17) is 4.52 Å². The molecule has 2 amide bonds.